The topological polar surface area (TPSA) is 39.1 Å². The molecule has 0 fully saturated rings. The summed E-state index contributed by atoms with van der Waals surface area (Å²) >= 11 is 5.35. The zero-order chi connectivity index (χ0) is 12.7. The molecule has 0 unspecified atom stereocenters. The van der Waals surface area contributed by atoms with Gasteiger partial charge in [-0.3, -0.25) is 0 Å². The van der Waals surface area contributed by atoms with E-state index in [-0.39, 0.29) is 6.04 Å². The lowest BCUT2D eigenvalue weighted by atomic mass is 10.3. The summed E-state index contributed by atoms with van der Waals surface area (Å²) in [5, 5.41) is 12.5. The van der Waals surface area contributed by atoms with Crippen LogP contribution < -0.4 is 5.32 Å². The summed E-state index contributed by atoms with van der Waals surface area (Å²) < 4.78 is 0. The fraction of sp³-hybridized carbons (Fsp3) is 0.385. The van der Waals surface area contributed by atoms with Gasteiger partial charge in [0.15, 0.2) is 5.11 Å². The highest BCUT2D eigenvalue weighted by Gasteiger charge is 2.12. The molecule has 0 aliphatic heterocycles. The molecule has 0 aliphatic rings. The molecule has 17 heavy (non-hydrogen) atoms. The molecule has 0 saturated heterocycles. The molecule has 0 aliphatic carbocycles. The second-order valence-electron chi connectivity index (χ2n) is 3.99. The predicted molar refractivity (Wildman–Crippen MR) is 74.7 cm³/mol. The van der Waals surface area contributed by atoms with Crippen LogP contribution in [0.5, 0.6) is 0 Å². The first-order valence-electron chi connectivity index (χ1n) is 5.64. The molecule has 90 valence electrons. The Morgan fingerprint density at radius 2 is 2.06 bits per heavy atom. The largest absolute Gasteiger partial charge is 0.346 e. The van der Waals surface area contributed by atoms with E-state index in [1.54, 1.807) is 0 Å². The first-order valence-corrected chi connectivity index (χ1v) is 6.05. The number of hydrogen-bond donors (Lipinski definition) is 1. The van der Waals surface area contributed by atoms with Crippen LogP contribution in [0.25, 0.3) is 0 Å². The third-order valence-corrected chi connectivity index (χ3v) is 2.71. The maximum Gasteiger partial charge on any atom is 0.173 e. The number of hydrogen-bond acceptors (Lipinski definition) is 2. The Kier molecular flexibility index (Phi) is 5.44. The van der Waals surface area contributed by atoms with E-state index in [4.69, 9.17) is 17.5 Å². The van der Waals surface area contributed by atoms with Crippen LogP contribution in [0, 0.1) is 11.3 Å². The summed E-state index contributed by atoms with van der Waals surface area (Å²) in [5.41, 5.74) is 0.972. The molecular weight excluding hydrogens is 230 g/mol. The van der Waals surface area contributed by atoms with Crippen LogP contribution in [0.2, 0.25) is 0 Å². The highest BCUT2D eigenvalue weighted by atomic mass is 32.1. The van der Waals surface area contributed by atoms with Gasteiger partial charge in [0.25, 0.3) is 0 Å². The number of nitrogens with one attached hydrogen (secondary N) is 1. The van der Waals surface area contributed by atoms with E-state index in [9.17, 15) is 0 Å². The Hall–Kier alpha value is -1.60. The third kappa shape index (κ3) is 4.41. The van der Waals surface area contributed by atoms with E-state index in [2.05, 4.69) is 25.2 Å². The first-order chi connectivity index (χ1) is 8.15. The number of thiocarbonyl (C=S) groups is 1. The quantitative estimate of drug-likeness (QED) is 0.830. The summed E-state index contributed by atoms with van der Waals surface area (Å²) in [6, 6.07) is 12.2. The lowest BCUT2D eigenvalue weighted by Crippen LogP contribution is -2.40. The summed E-state index contributed by atoms with van der Waals surface area (Å²) in [4.78, 5) is 2.02. The summed E-state index contributed by atoms with van der Waals surface area (Å²) in [6.45, 7) is 4.79. The van der Waals surface area contributed by atoms with E-state index >= 15 is 0 Å². The van der Waals surface area contributed by atoms with Gasteiger partial charge in [0, 0.05) is 18.3 Å². The normalized spacial score (nSPS) is 9.76. The van der Waals surface area contributed by atoms with E-state index in [1.165, 1.54) is 0 Å². The fourth-order valence-corrected chi connectivity index (χ4v) is 1.90. The van der Waals surface area contributed by atoms with Gasteiger partial charge < -0.3 is 10.2 Å². The average molecular weight is 247 g/mol. The number of rotatable bonds is 4. The average Bonchev–Trinajstić information content (AvgIpc) is 2.30. The van der Waals surface area contributed by atoms with E-state index in [0.717, 1.165) is 5.69 Å². The van der Waals surface area contributed by atoms with Crippen molar-refractivity contribution in [3.05, 3.63) is 30.3 Å². The molecule has 4 heteroatoms. The Bertz CT molecular complexity index is 395. The minimum Gasteiger partial charge on any atom is -0.346 e. The minimum atomic E-state index is 0.284. The van der Waals surface area contributed by atoms with Crippen molar-refractivity contribution in [2.75, 3.05) is 11.9 Å². The Morgan fingerprint density at radius 1 is 1.41 bits per heavy atom. The number of nitrogens with zero attached hydrogens (tertiary/aromatic N) is 2. The van der Waals surface area contributed by atoms with Crippen LogP contribution >= 0.6 is 12.2 Å². The lowest BCUT2D eigenvalue weighted by Gasteiger charge is -2.28. The molecule has 3 nitrogen and oxygen atoms in total. The van der Waals surface area contributed by atoms with Gasteiger partial charge in [-0.25, -0.2) is 0 Å². The second kappa shape index (κ2) is 6.87. The molecule has 0 saturated carbocycles. The molecular formula is C13H17N3S. The SMILES string of the molecule is CC(C)N(CCC#N)C(=S)Nc1ccccc1. The lowest BCUT2D eigenvalue weighted by molar-refractivity contribution is 0.362. The first kappa shape index (κ1) is 13.5. The molecule has 0 amide bonds. The number of benzene rings is 1. The highest BCUT2D eigenvalue weighted by Crippen LogP contribution is 2.09. The molecule has 0 aromatic heterocycles. The molecule has 1 aromatic carbocycles. The Labute approximate surface area is 108 Å². The van der Waals surface area contributed by atoms with Crippen LogP contribution in [0.4, 0.5) is 5.69 Å². The van der Waals surface area contributed by atoms with Crippen LogP contribution in [0.15, 0.2) is 30.3 Å². The monoisotopic (exact) mass is 247 g/mol. The standard InChI is InChI=1S/C13H17N3S/c1-11(2)16(10-6-9-14)13(17)15-12-7-4-3-5-8-12/h3-5,7-8,11H,6,10H2,1-2H3,(H,15,17). The van der Waals surface area contributed by atoms with E-state index < -0.39 is 0 Å². The molecule has 0 atom stereocenters. The van der Waals surface area contributed by atoms with E-state index in [0.29, 0.717) is 18.1 Å². The Balaban J connectivity index is 2.63. The van der Waals surface area contributed by atoms with Crippen LogP contribution in [0.1, 0.15) is 20.3 Å². The minimum absolute atomic E-state index is 0.284. The number of anilines is 1. The van der Waals surface area contributed by atoms with Crippen LogP contribution in [0.3, 0.4) is 0 Å². The van der Waals surface area contributed by atoms with E-state index in [1.807, 2.05) is 35.2 Å². The second-order valence-corrected chi connectivity index (χ2v) is 4.38. The molecule has 0 heterocycles. The van der Waals surface area contributed by atoms with Crippen LogP contribution in [-0.2, 0) is 0 Å². The van der Waals surface area contributed by atoms with Crippen molar-refractivity contribution in [2.45, 2.75) is 26.3 Å². The Morgan fingerprint density at radius 3 is 2.59 bits per heavy atom. The molecule has 1 aromatic rings. The third-order valence-electron chi connectivity index (χ3n) is 2.37. The smallest absolute Gasteiger partial charge is 0.173 e. The highest BCUT2D eigenvalue weighted by molar-refractivity contribution is 7.80. The predicted octanol–water partition coefficient (Wildman–Crippen LogP) is 3.01. The molecule has 0 radical (unpaired) electrons. The van der Waals surface area contributed by atoms with Gasteiger partial charge in [-0.15, -0.1) is 0 Å². The van der Waals surface area contributed by atoms with Gasteiger partial charge in [-0.1, -0.05) is 18.2 Å². The van der Waals surface area contributed by atoms with Crippen molar-refractivity contribution in [1.29, 1.82) is 5.26 Å². The van der Waals surface area contributed by atoms with Gasteiger partial charge in [0.05, 0.1) is 12.5 Å². The molecule has 1 N–H and O–H groups in total. The number of para-hydroxylation sites is 1. The van der Waals surface area contributed by atoms with Gasteiger partial charge in [0.1, 0.15) is 0 Å². The zero-order valence-electron chi connectivity index (χ0n) is 10.2. The van der Waals surface area contributed by atoms with Crippen molar-refractivity contribution in [2.24, 2.45) is 0 Å². The van der Waals surface area contributed by atoms with Gasteiger partial charge in [-0.2, -0.15) is 5.26 Å². The molecule has 0 bridgehead atoms. The maximum atomic E-state index is 8.63. The van der Waals surface area contributed by atoms with Gasteiger partial charge in [-0.05, 0) is 38.2 Å². The van der Waals surface area contributed by atoms with Crippen molar-refractivity contribution in [1.82, 2.24) is 4.90 Å². The van der Waals surface area contributed by atoms with Gasteiger partial charge in [0.2, 0.25) is 0 Å². The maximum absolute atomic E-state index is 8.63. The number of nitriles is 1. The summed E-state index contributed by atoms with van der Waals surface area (Å²) in [7, 11) is 0. The molecule has 0 spiro atoms. The molecule has 1 rings (SSSR count). The summed E-state index contributed by atoms with van der Waals surface area (Å²) in [6.07, 6.45) is 0.481. The van der Waals surface area contributed by atoms with Gasteiger partial charge >= 0.3 is 0 Å². The van der Waals surface area contributed by atoms with Crippen molar-refractivity contribution < 1.29 is 0 Å². The van der Waals surface area contributed by atoms with Crippen LogP contribution in [-0.4, -0.2) is 22.6 Å². The van der Waals surface area contributed by atoms with Crippen molar-refractivity contribution in [3.63, 3.8) is 0 Å². The zero-order valence-corrected chi connectivity index (χ0v) is 11.0. The summed E-state index contributed by atoms with van der Waals surface area (Å²) in [5.74, 6) is 0. The van der Waals surface area contributed by atoms with Crippen molar-refractivity contribution >= 4 is 23.0 Å². The van der Waals surface area contributed by atoms with Crippen molar-refractivity contribution in [3.8, 4) is 6.07 Å². The fourth-order valence-electron chi connectivity index (χ4n) is 1.48.